The first-order valence-electron chi connectivity index (χ1n) is 8.57. The number of H-pyrrole nitrogens is 1. The summed E-state index contributed by atoms with van der Waals surface area (Å²) in [6.07, 6.45) is 5.28. The Morgan fingerprint density at radius 2 is 2.12 bits per heavy atom. The zero-order chi connectivity index (χ0) is 17.9. The second-order valence-corrected chi connectivity index (χ2v) is 6.30. The van der Waals surface area contributed by atoms with Crippen molar-refractivity contribution in [1.29, 1.82) is 0 Å². The molecule has 134 valence electrons. The molecule has 4 rings (SSSR count). The number of anilines is 1. The van der Waals surface area contributed by atoms with Crippen molar-refractivity contribution in [2.45, 2.75) is 18.8 Å². The van der Waals surface area contributed by atoms with E-state index < -0.39 is 11.7 Å². The molecule has 26 heavy (non-hydrogen) atoms. The normalized spacial score (nSPS) is 15.1. The second kappa shape index (κ2) is 7.09. The van der Waals surface area contributed by atoms with Gasteiger partial charge in [-0.25, -0.2) is 9.07 Å². The Labute approximate surface area is 149 Å². The van der Waals surface area contributed by atoms with Gasteiger partial charge in [0, 0.05) is 35.6 Å². The summed E-state index contributed by atoms with van der Waals surface area (Å²) >= 11 is 0. The van der Waals surface area contributed by atoms with Gasteiger partial charge in [0.2, 0.25) is 0 Å². The van der Waals surface area contributed by atoms with Crippen LogP contribution in [0.2, 0.25) is 0 Å². The second-order valence-electron chi connectivity index (χ2n) is 6.30. The Morgan fingerprint density at radius 1 is 1.27 bits per heavy atom. The van der Waals surface area contributed by atoms with Crippen LogP contribution in [0.3, 0.4) is 0 Å². The van der Waals surface area contributed by atoms with Gasteiger partial charge < -0.3 is 10.6 Å². The van der Waals surface area contributed by atoms with Crippen molar-refractivity contribution in [3.8, 4) is 5.69 Å². The molecule has 7 nitrogen and oxygen atoms in total. The highest BCUT2D eigenvalue weighted by molar-refractivity contribution is 6.03. The minimum Gasteiger partial charge on any atom is -0.317 e. The molecular weight excluding hydrogens is 335 g/mol. The SMILES string of the molecule is O=C(Nc1cc(C2CCNCC2)[nH]n1)c1ccc(-n2cccn2)c(F)c1. The number of carbonyl (C=O) groups excluding carboxylic acids is 1. The Bertz CT molecular complexity index is 898. The number of carbonyl (C=O) groups is 1. The van der Waals surface area contributed by atoms with E-state index in [4.69, 9.17) is 0 Å². The van der Waals surface area contributed by atoms with Crippen LogP contribution in [0.1, 0.15) is 34.8 Å². The van der Waals surface area contributed by atoms with E-state index in [1.165, 1.54) is 16.8 Å². The first-order valence-corrected chi connectivity index (χ1v) is 8.57. The summed E-state index contributed by atoms with van der Waals surface area (Å²) in [7, 11) is 0. The average Bonchev–Trinajstić information content (AvgIpc) is 3.34. The van der Waals surface area contributed by atoms with E-state index in [0.717, 1.165) is 31.6 Å². The van der Waals surface area contributed by atoms with Gasteiger partial charge in [0.1, 0.15) is 11.5 Å². The van der Waals surface area contributed by atoms with E-state index in [0.29, 0.717) is 17.4 Å². The zero-order valence-corrected chi connectivity index (χ0v) is 14.1. The van der Waals surface area contributed by atoms with Gasteiger partial charge in [0.15, 0.2) is 5.82 Å². The smallest absolute Gasteiger partial charge is 0.256 e. The lowest BCUT2D eigenvalue weighted by Crippen LogP contribution is -2.26. The van der Waals surface area contributed by atoms with E-state index >= 15 is 0 Å². The molecule has 1 aliphatic rings. The number of amides is 1. The molecule has 1 amide bonds. The number of nitrogens with one attached hydrogen (secondary N) is 3. The van der Waals surface area contributed by atoms with Crippen molar-refractivity contribution >= 4 is 11.7 Å². The van der Waals surface area contributed by atoms with Crippen molar-refractivity contribution in [2.75, 3.05) is 18.4 Å². The number of hydrogen-bond donors (Lipinski definition) is 3. The molecule has 0 aliphatic carbocycles. The third-order valence-corrected chi connectivity index (χ3v) is 4.58. The van der Waals surface area contributed by atoms with Crippen LogP contribution < -0.4 is 10.6 Å². The molecule has 1 fully saturated rings. The Morgan fingerprint density at radius 3 is 2.85 bits per heavy atom. The molecular formula is C18H19FN6O. The minimum atomic E-state index is -0.515. The number of hydrogen-bond acceptors (Lipinski definition) is 4. The highest BCUT2D eigenvalue weighted by atomic mass is 19.1. The molecule has 1 aromatic carbocycles. The number of halogens is 1. The van der Waals surface area contributed by atoms with Gasteiger partial charge in [-0.05, 0) is 50.2 Å². The first kappa shape index (κ1) is 16.5. The lowest BCUT2D eigenvalue weighted by molar-refractivity contribution is 0.102. The van der Waals surface area contributed by atoms with Crippen LogP contribution in [0, 0.1) is 5.82 Å². The summed E-state index contributed by atoms with van der Waals surface area (Å²) in [6, 6.07) is 7.85. The van der Waals surface area contributed by atoms with E-state index in [1.54, 1.807) is 24.5 Å². The van der Waals surface area contributed by atoms with Gasteiger partial charge in [0.05, 0.1) is 0 Å². The standard InChI is InChI=1S/C18H19FN6O/c19-14-10-13(2-3-16(14)25-9-1-6-21-25)18(26)22-17-11-15(23-24-17)12-4-7-20-8-5-12/h1-3,6,9-12,20H,4-5,7-8H2,(H2,22,23,24,26). The number of nitrogens with zero attached hydrogens (tertiary/aromatic N) is 3. The summed E-state index contributed by atoms with van der Waals surface area (Å²) in [4.78, 5) is 12.4. The highest BCUT2D eigenvalue weighted by Crippen LogP contribution is 2.25. The van der Waals surface area contributed by atoms with Crippen molar-refractivity contribution in [3.63, 3.8) is 0 Å². The summed E-state index contributed by atoms with van der Waals surface area (Å²) in [5.74, 6) is -0.0571. The number of benzene rings is 1. The predicted molar refractivity (Wildman–Crippen MR) is 94.9 cm³/mol. The average molecular weight is 354 g/mol. The number of aromatic amines is 1. The van der Waals surface area contributed by atoms with Crippen LogP contribution in [0.5, 0.6) is 0 Å². The maximum absolute atomic E-state index is 14.3. The Hall–Kier alpha value is -3.00. The van der Waals surface area contributed by atoms with E-state index in [9.17, 15) is 9.18 Å². The monoisotopic (exact) mass is 354 g/mol. The molecule has 0 bridgehead atoms. The largest absolute Gasteiger partial charge is 0.317 e. The van der Waals surface area contributed by atoms with Gasteiger partial charge in [-0.1, -0.05) is 0 Å². The summed E-state index contributed by atoms with van der Waals surface area (Å²) < 4.78 is 15.7. The Kier molecular flexibility index (Phi) is 4.49. The molecule has 2 aromatic heterocycles. The van der Waals surface area contributed by atoms with Crippen molar-refractivity contribution in [3.05, 3.63) is 59.8 Å². The van der Waals surface area contributed by atoms with Crippen molar-refractivity contribution in [1.82, 2.24) is 25.3 Å². The summed E-state index contributed by atoms with van der Waals surface area (Å²) in [5.41, 5.74) is 1.53. The molecule has 0 unspecified atom stereocenters. The minimum absolute atomic E-state index is 0.227. The van der Waals surface area contributed by atoms with Crippen LogP contribution in [-0.4, -0.2) is 39.0 Å². The van der Waals surface area contributed by atoms with Gasteiger partial charge in [-0.15, -0.1) is 0 Å². The van der Waals surface area contributed by atoms with Crippen LogP contribution in [0.15, 0.2) is 42.7 Å². The third-order valence-electron chi connectivity index (χ3n) is 4.58. The lowest BCUT2D eigenvalue weighted by atomic mass is 9.95. The zero-order valence-electron chi connectivity index (χ0n) is 14.1. The number of rotatable bonds is 4. The molecule has 1 saturated heterocycles. The molecule has 0 atom stereocenters. The molecule has 0 saturated carbocycles. The number of piperidine rings is 1. The fraction of sp³-hybridized carbons (Fsp3) is 0.278. The predicted octanol–water partition coefficient (Wildman–Crippen LogP) is 2.45. The molecule has 1 aliphatic heterocycles. The first-order chi connectivity index (χ1) is 12.7. The lowest BCUT2D eigenvalue weighted by Gasteiger charge is -2.20. The van der Waals surface area contributed by atoms with E-state index in [-0.39, 0.29) is 5.56 Å². The molecule has 0 radical (unpaired) electrons. The van der Waals surface area contributed by atoms with Gasteiger partial charge in [-0.3, -0.25) is 9.89 Å². The maximum Gasteiger partial charge on any atom is 0.256 e. The summed E-state index contributed by atoms with van der Waals surface area (Å²) in [5, 5.41) is 17.2. The van der Waals surface area contributed by atoms with Crippen LogP contribution in [0.25, 0.3) is 5.69 Å². The quantitative estimate of drug-likeness (QED) is 0.672. The van der Waals surface area contributed by atoms with Crippen LogP contribution >= 0.6 is 0 Å². The summed E-state index contributed by atoms with van der Waals surface area (Å²) in [6.45, 7) is 1.96. The van der Waals surface area contributed by atoms with Crippen LogP contribution in [-0.2, 0) is 0 Å². The van der Waals surface area contributed by atoms with E-state index in [1.807, 2.05) is 6.07 Å². The molecule has 3 heterocycles. The third kappa shape index (κ3) is 3.36. The molecule has 3 N–H and O–H groups in total. The van der Waals surface area contributed by atoms with Gasteiger partial charge in [-0.2, -0.15) is 10.2 Å². The van der Waals surface area contributed by atoms with Crippen molar-refractivity contribution < 1.29 is 9.18 Å². The van der Waals surface area contributed by atoms with Gasteiger partial charge in [0.25, 0.3) is 5.91 Å². The van der Waals surface area contributed by atoms with Crippen LogP contribution in [0.4, 0.5) is 10.2 Å². The number of aromatic nitrogens is 4. The van der Waals surface area contributed by atoms with Gasteiger partial charge >= 0.3 is 0 Å². The Balaban J connectivity index is 1.46. The fourth-order valence-corrected chi connectivity index (χ4v) is 3.18. The van der Waals surface area contributed by atoms with E-state index in [2.05, 4.69) is 25.9 Å². The molecule has 8 heteroatoms. The van der Waals surface area contributed by atoms with Crippen molar-refractivity contribution in [2.24, 2.45) is 0 Å². The topological polar surface area (TPSA) is 87.6 Å². The molecule has 0 spiro atoms. The highest BCUT2D eigenvalue weighted by Gasteiger charge is 2.18. The maximum atomic E-state index is 14.3. The molecule has 3 aromatic rings. The fourth-order valence-electron chi connectivity index (χ4n) is 3.18.